The predicted octanol–water partition coefficient (Wildman–Crippen LogP) is 2.21. The van der Waals surface area contributed by atoms with Crippen LogP contribution in [0.1, 0.15) is 5.56 Å². The number of anilines is 2. The lowest BCUT2D eigenvalue weighted by molar-refractivity contribution is -0.137. The van der Waals surface area contributed by atoms with Crippen molar-refractivity contribution in [1.29, 1.82) is 5.26 Å². The molecule has 2 aromatic heterocycles. The molecule has 2 amide bonds. The van der Waals surface area contributed by atoms with Gasteiger partial charge in [-0.1, -0.05) is 18.2 Å². The third-order valence-electron chi connectivity index (χ3n) is 6.51. The number of rotatable bonds is 5. The van der Waals surface area contributed by atoms with Crippen molar-refractivity contribution in [2.24, 2.45) is 0 Å². The lowest BCUT2D eigenvalue weighted by Gasteiger charge is -2.44. The van der Waals surface area contributed by atoms with Crippen LogP contribution in [0.25, 0.3) is 21.9 Å². The van der Waals surface area contributed by atoms with Gasteiger partial charge in [0.15, 0.2) is 5.54 Å². The van der Waals surface area contributed by atoms with Crippen LogP contribution in [0.3, 0.4) is 0 Å². The number of nitrogens with two attached hydrogens (primary N) is 1. The normalized spacial score (nSPS) is 14.7. The number of aryl methyl sites for hydroxylation is 1. The minimum absolute atomic E-state index is 0.0745. The van der Waals surface area contributed by atoms with Crippen LogP contribution in [-0.2, 0) is 19.6 Å². The summed E-state index contributed by atoms with van der Waals surface area (Å²) in [6.07, 6.45) is 4.93. The van der Waals surface area contributed by atoms with Gasteiger partial charge >= 0.3 is 11.8 Å². The van der Waals surface area contributed by atoms with Crippen LogP contribution >= 0.6 is 0 Å². The second-order valence-corrected chi connectivity index (χ2v) is 11.2. The third kappa shape index (κ3) is 4.88. The summed E-state index contributed by atoms with van der Waals surface area (Å²) in [4.78, 5) is 33.7. The van der Waals surface area contributed by atoms with Crippen molar-refractivity contribution >= 4 is 44.1 Å². The van der Waals surface area contributed by atoms with E-state index in [0.717, 1.165) is 21.0 Å². The van der Waals surface area contributed by atoms with Crippen LogP contribution in [0.2, 0.25) is 0 Å². The van der Waals surface area contributed by atoms with Crippen LogP contribution in [-0.4, -0.2) is 53.1 Å². The number of nitrogen functional groups attached to an aromatic ring is 1. The minimum Gasteiger partial charge on any atom is -0.398 e. The molecule has 0 aliphatic carbocycles. The average Bonchev–Trinajstić information content (AvgIpc) is 2.90. The lowest BCUT2D eigenvalue weighted by atomic mass is 9.94. The molecule has 1 aliphatic rings. The van der Waals surface area contributed by atoms with Crippen molar-refractivity contribution in [2.45, 2.75) is 17.4 Å². The van der Waals surface area contributed by atoms with E-state index >= 15 is 0 Å². The molecule has 1 aliphatic heterocycles. The molecule has 0 saturated carbocycles. The summed E-state index contributed by atoms with van der Waals surface area (Å²) in [5, 5.41) is 15.8. The van der Waals surface area contributed by atoms with E-state index in [1.54, 1.807) is 36.7 Å². The summed E-state index contributed by atoms with van der Waals surface area (Å²) in [5.74, 6) is -2.03. The van der Waals surface area contributed by atoms with Crippen molar-refractivity contribution in [3.8, 4) is 17.2 Å². The molecule has 4 N–H and O–H groups in total. The van der Waals surface area contributed by atoms with E-state index < -0.39 is 27.4 Å². The number of aromatic nitrogens is 2. The smallest absolute Gasteiger partial charge is 0.314 e. The van der Waals surface area contributed by atoms with Crippen LogP contribution < -0.4 is 16.4 Å². The van der Waals surface area contributed by atoms with Crippen molar-refractivity contribution < 1.29 is 18.0 Å². The number of nitrogens with one attached hydrogen (secondary N) is 2. The Morgan fingerprint density at radius 3 is 2.51 bits per heavy atom. The summed E-state index contributed by atoms with van der Waals surface area (Å²) in [5.41, 5.74) is 7.95. The molecule has 0 bridgehead atoms. The van der Waals surface area contributed by atoms with Gasteiger partial charge in [-0.3, -0.25) is 14.6 Å². The summed E-state index contributed by atoms with van der Waals surface area (Å²) in [7, 11) is -3.83. The SMILES string of the molecule is Cc1ccncc1-c1cc(N)c2cnc(NC(=O)C(=O)NC3(C#N)CN(S(=O)(=O)c4ccccc4)C3)cc2c1. The van der Waals surface area contributed by atoms with E-state index in [9.17, 15) is 23.3 Å². The molecule has 3 heterocycles. The third-order valence-corrected chi connectivity index (χ3v) is 8.31. The van der Waals surface area contributed by atoms with Crippen LogP contribution in [0.5, 0.6) is 0 Å². The molecule has 5 rings (SSSR count). The first-order valence-electron chi connectivity index (χ1n) is 11.8. The number of sulfonamides is 1. The Kier molecular flexibility index (Phi) is 6.47. The number of hydrogen-bond acceptors (Lipinski definition) is 8. The monoisotopic (exact) mass is 541 g/mol. The lowest BCUT2D eigenvalue weighted by Crippen LogP contribution is -2.71. The number of hydrogen-bond donors (Lipinski definition) is 3. The van der Waals surface area contributed by atoms with Crippen LogP contribution in [0.4, 0.5) is 11.5 Å². The van der Waals surface area contributed by atoms with Gasteiger partial charge in [0.2, 0.25) is 10.0 Å². The molecule has 0 unspecified atom stereocenters. The molecule has 2 aromatic carbocycles. The highest BCUT2D eigenvalue weighted by molar-refractivity contribution is 7.89. The maximum atomic E-state index is 12.7. The fraction of sp³-hybridized carbons (Fsp3) is 0.148. The Bertz CT molecular complexity index is 1760. The first-order valence-corrected chi connectivity index (χ1v) is 13.3. The largest absolute Gasteiger partial charge is 0.398 e. The molecule has 1 fully saturated rings. The fourth-order valence-electron chi connectivity index (χ4n) is 4.37. The number of benzene rings is 2. The maximum Gasteiger partial charge on any atom is 0.314 e. The summed E-state index contributed by atoms with van der Waals surface area (Å²) in [6.45, 7) is 1.38. The first kappa shape index (κ1) is 25.8. The maximum absolute atomic E-state index is 12.7. The van der Waals surface area contributed by atoms with Gasteiger partial charge in [0.05, 0.1) is 24.1 Å². The standard InChI is InChI=1S/C27H23N7O4S/c1-17-7-8-30-12-21(17)18-9-19-11-24(31-13-22(19)23(29)10-18)32-25(35)26(36)33-27(14-28)15-34(16-27)39(37,38)20-5-3-2-4-6-20/h2-13H,15-16,29H2,1H3,(H,33,36)(H,31,32,35). The number of carbonyl (C=O) groups excluding carboxylic acids is 2. The van der Waals surface area contributed by atoms with E-state index in [1.165, 1.54) is 18.3 Å². The van der Waals surface area contributed by atoms with Crippen molar-refractivity contribution in [2.75, 3.05) is 24.1 Å². The molecular weight excluding hydrogens is 518 g/mol. The van der Waals surface area contributed by atoms with E-state index in [4.69, 9.17) is 5.73 Å². The Hall–Kier alpha value is -4.86. The molecule has 0 atom stereocenters. The highest BCUT2D eigenvalue weighted by atomic mass is 32.2. The summed E-state index contributed by atoms with van der Waals surface area (Å²) >= 11 is 0. The topological polar surface area (TPSA) is 171 Å². The van der Waals surface area contributed by atoms with Gasteiger partial charge in [-0.15, -0.1) is 0 Å². The second kappa shape index (κ2) is 9.79. The number of pyridine rings is 2. The number of nitriles is 1. The van der Waals surface area contributed by atoms with Crippen molar-refractivity contribution in [3.05, 3.63) is 78.8 Å². The van der Waals surface area contributed by atoms with E-state index in [1.807, 2.05) is 31.2 Å². The van der Waals surface area contributed by atoms with Crippen molar-refractivity contribution in [1.82, 2.24) is 19.6 Å². The molecule has 196 valence electrons. The van der Waals surface area contributed by atoms with Gasteiger partial charge in [0.25, 0.3) is 0 Å². The number of fused-ring (bicyclic) bond motifs is 1. The number of amides is 2. The molecule has 0 spiro atoms. The molecule has 39 heavy (non-hydrogen) atoms. The summed E-state index contributed by atoms with van der Waals surface area (Å²) in [6, 6.07) is 16.9. The van der Waals surface area contributed by atoms with Gasteiger partial charge in [0, 0.05) is 35.2 Å². The van der Waals surface area contributed by atoms with E-state index in [-0.39, 0.29) is 23.8 Å². The highest BCUT2D eigenvalue weighted by Crippen LogP contribution is 2.31. The number of carbonyl (C=O) groups is 2. The quantitative estimate of drug-likeness (QED) is 0.255. The zero-order valence-corrected chi connectivity index (χ0v) is 21.6. The molecule has 4 aromatic rings. The van der Waals surface area contributed by atoms with Crippen LogP contribution in [0.15, 0.2) is 78.1 Å². The number of nitrogens with zero attached hydrogens (tertiary/aromatic N) is 4. The first-order chi connectivity index (χ1) is 18.6. The van der Waals surface area contributed by atoms with Crippen LogP contribution in [0, 0.1) is 18.3 Å². The minimum atomic E-state index is -3.83. The molecule has 12 heteroatoms. The average molecular weight is 542 g/mol. The van der Waals surface area contributed by atoms with Gasteiger partial charge in [0.1, 0.15) is 5.82 Å². The van der Waals surface area contributed by atoms with Gasteiger partial charge in [-0.2, -0.15) is 9.57 Å². The second-order valence-electron chi connectivity index (χ2n) is 9.24. The van der Waals surface area contributed by atoms with Gasteiger partial charge in [-0.05, 0) is 59.8 Å². The Labute approximate surface area is 224 Å². The predicted molar refractivity (Wildman–Crippen MR) is 144 cm³/mol. The van der Waals surface area contributed by atoms with Gasteiger partial charge < -0.3 is 16.4 Å². The Morgan fingerprint density at radius 2 is 1.82 bits per heavy atom. The van der Waals surface area contributed by atoms with E-state index in [0.29, 0.717) is 16.5 Å². The molecule has 11 nitrogen and oxygen atoms in total. The summed E-state index contributed by atoms with van der Waals surface area (Å²) < 4.78 is 26.6. The Balaban J connectivity index is 1.29. The highest BCUT2D eigenvalue weighted by Gasteiger charge is 2.50. The molecule has 0 radical (unpaired) electrons. The molecule has 1 saturated heterocycles. The van der Waals surface area contributed by atoms with E-state index in [2.05, 4.69) is 20.6 Å². The van der Waals surface area contributed by atoms with Crippen molar-refractivity contribution in [3.63, 3.8) is 0 Å². The Morgan fingerprint density at radius 1 is 1.08 bits per heavy atom. The van der Waals surface area contributed by atoms with Gasteiger partial charge in [-0.25, -0.2) is 13.4 Å². The molecular formula is C27H23N7O4S. The zero-order chi connectivity index (χ0) is 27.8. The fourth-order valence-corrected chi connectivity index (χ4v) is 5.95. The zero-order valence-electron chi connectivity index (χ0n) is 20.7.